The summed E-state index contributed by atoms with van der Waals surface area (Å²) in [7, 11) is 1.35. The molecule has 0 atom stereocenters. The lowest BCUT2D eigenvalue weighted by Crippen LogP contribution is -2.08. The first-order valence-electron chi connectivity index (χ1n) is 2.88. The highest BCUT2D eigenvalue weighted by Crippen LogP contribution is 2.33. The molecule has 1 N–H and O–H groups in total. The van der Waals surface area contributed by atoms with Gasteiger partial charge in [-0.15, -0.1) is 0 Å². The van der Waals surface area contributed by atoms with Crippen molar-refractivity contribution in [1.82, 2.24) is 4.98 Å². The number of hydrogen-bond donors (Lipinski definition) is 1. The van der Waals surface area contributed by atoms with E-state index < -0.39 is 5.56 Å². The van der Waals surface area contributed by atoms with Crippen LogP contribution in [0, 0.1) is 0 Å². The second kappa shape index (κ2) is 3.56. The molecule has 0 aliphatic heterocycles. The van der Waals surface area contributed by atoms with E-state index in [-0.39, 0.29) is 20.9 Å². The fourth-order valence-electron chi connectivity index (χ4n) is 0.688. The highest BCUT2D eigenvalue weighted by Gasteiger charge is 2.13. The van der Waals surface area contributed by atoms with Gasteiger partial charge in [-0.3, -0.25) is 4.79 Å². The van der Waals surface area contributed by atoms with Crippen LogP contribution in [0.5, 0.6) is 5.75 Å². The molecule has 0 unspecified atom stereocenters. The Morgan fingerprint density at radius 1 is 1.25 bits per heavy atom. The topological polar surface area (TPSA) is 42.1 Å². The largest absolute Gasteiger partial charge is 0.493 e. The molecule has 0 spiro atoms. The highest BCUT2D eigenvalue weighted by molar-refractivity contribution is 6.43. The molecule has 0 saturated heterocycles. The van der Waals surface area contributed by atoms with Crippen LogP contribution in [0.4, 0.5) is 0 Å². The van der Waals surface area contributed by atoms with Crippen molar-refractivity contribution in [3.63, 3.8) is 0 Å². The molecule has 1 rings (SSSR count). The third-order valence-electron chi connectivity index (χ3n) is 1.22. The minimum Gasteiger partial charge on any atom is -0.493 e. The van der Waals surface area contributed by atoms with Crippen LogP contribution in [0.15, 0.2) is 4.79 Å². The summed E-state index contributed by atoms with van der Waals surface area (Å²) in [6.45, 7) is 0. The lowest BCUT2D eigenvalue weighted by Gasteiger charge is -2.04. The van der Waals surface area contributed by atoms with Crippen molar-refractivity contribution >= 4 is 34.8 Å². The van der Waals surface area contributed by atoms with Gasteiger partial charge in [0.2, 0.25) is 0 Å². The third kappa shape index (κ3) is 1.53. The molecule has 1 aromatic heterocycles. The standard InChI is InChI=1S/C6H4Cl3NO2/c1-12-4-2(7)5(9)10-6(11)3(4)8/h1H3,(H,10,11). The molecule has 0 amide bonds. The number of methoxy groups -OCH3 is 1. The zero-order valence-electron chi connectivity index (χ0n) is 5.95. The summed E-state index contributed by atoms with van der Waals surface area (Å²) in [6.07, 6.45) is 0. The van der Waals surface area contributed by atoms with Crippen molar-refractivity contribution in [3.8, 4) is 5.75 Å². The van der Waals surface area contributed by atoms with Crippen LogP contribution in [0.3, 0.4) is 0 Å². The fraction of sp³-hybridized carbons (Fsp3) is 0.167. The van der Waals surface area contributed by atoms with Crippen LogP contribution in [-0.4, -0.2) is 12.1 Å². The van der Waals surface area contributed by atoms with Gasteiger partial charge in [0.05, 0.1) is 7.11 Å². The molecule has 0 radical (unpaired) electrons. The average Bonchev–Trinajstić information content (AvgIpc) is 2.02. The van der Waals surface area contributed by atoms with E-state index in [1.165, 1.54) is 7.11 Å². The number of aromatic nitrogens is 1. The number of pyridine rings is 1. The van der Waals surface area contributed by atoms with Crippen molar-refractivity contribution in [3.05, 3.63) is 25.6 Å². The first kappa shape index (κ1) is 9.71. The van der Waals surface area contributed by atoms with Gasteiger partial charge >= 0.3 is 0 Å². The number of nitrogens with one attached hydrogen (secondary N) is 1. The van der Waals surface area contributed by atoms with Crippen LogP contribution in [0.25, 0.3) is 0 Å². The van der Waals surface area contributed by atoms with E-state index in [0.29, 0.717) is 0 Å². The number of hydrogen-bond acceptors (Lipinski definition) is 2. The van der Waals surface area contributed by atoms with Gasteiger partial charge in [0.15, 0.2) is 5.75 Å². The molecule has 0 aromatic carbocycles. The minimum absolute atomic E-state index is 0.0166. The first-order valence-corrected chi connectivity index (χ1v) is 4.02. The molecule has 0 saturated carbocycles. The number of rotatable bonds is 1. The predicted molar refractivity (Wildman–Crippen MR) is 48.6 cm³/mol. The Hall–Kier alpha value is -0.380. The van der Waals surface area contributed by atoms with Crippen molar-refractivity contribution < 1.29 is 4.74 Å². The van der Waals surface area contributed by atoms with Gasteiger partial charge in [-0.1, -0.05) is 34.8 Å². The number of aromatic amines is 1. The average molecular weight is 228 g/mol. The molecule has 66 valence electrons. The summed E-state index contributed by atoms with van der Waals surface area (Å²) in [5.74, 6) is 0.0899. The molecule has 3 nitrogen and oxygen atoms in total. The molecule has 6 heteroatoms. The molecule has 1 aromatic rings. The summed E-state index contributed by atoms with van der Waals surface area (Å²) >= 11 is 16.8. The zero-order valence-corrected chi connectivity index (χ0v) is 8.22. The Morgan fingerprint density at radius 3 is 2.33 bits per heavy atom. The number of ether oxygens (including phenoxy) is 1. The van der Waals surface area contributed by atoms with Crippen LogP contribution < -0.4 is 10.3 Å². The zero-order chi connectivity index (χ0) is 9.30. The molecular weight excluding hydrogens is 224 g/mol. The Balaban J connectivity index is 3.53. The van der Waals surface area contributed by atoms with E-state index in [0.717, 1.165) is 0 Å². The van der Waals surface area contributed by atoms with E-state index in [1.54, 1.807) is 0 Å². The van der Waals surface area contributed by atoms with Gasteiger partial charge in [0.25, 0.3) is 5.56 Å². The number of H-pyrrole nitrogens is 1. The number of halogens is 3. The van der Waals surface area contributed by atoms with Crippen molar-refractivity contribution in [1.29, 1.82) is 0 Å². The Bertz CT molecular complexity index is 361. The van der Waals surface area contributed by atoms with Crippen molar-refractivity contribution in [2.75, 3.05) is 7.11 Å². The predicted octanol–water partition coefficient (Wildman–Crippen LogP) is 2.34. The van der Waals surface area contributed by atoms with Crippen molar-refractivity contribution in [2.45, 2.75) is 0 Å². The molecule has 1 heterocycles. The monoisotopic (exact) mass is 227 g/mol. The highest BCUT2D eigenvalue weighted by atomic mass is 35.5. The molecule has 0 bridgehead atoms. The van der Waals surface area contributed by atoms with Crippen LogP contribution >= 0.6 is 34.8 Å². The molecular formula is C6H4Cl3NO2. The van der Waals surface area contributed by atoms with E-state index in [1.807, 2.05) is 0 Å². The second-order valence-corrected chi connectivity index (χ2v) is 3.06. The summed E-state index contributed by atoms with van der Waals surface area (Å²) in [6, 6.07) is 0. The maximum absolute atomic E-state index is 11.0. The van der Waals surface area contributed by atoms with Gasteiger partial charge in [0.1, 0.15) is 15.2 Å². The first-order chi connectivity index (χ1) is 5.57. The second-order valence-electron chi connectivity index (χ2n) is 1.93. The summed E-state index contributed by atoms with van der Waals surface area (Å²) in [5, 5.41) is 0.0126. The van der Waals surface area contributed by atoms with E-state index in [9.17, 15) is 4.79 Å². The molecule has 0 aliphatic rings. The minimum atomic E-state index is -0.525. The summed E-state index contributed by atoms with van der Waals surface area (Å²) < 4.78 is 4.77. The normalized spacial score (nSPS) is 10.0. The Morgan fingerprint density at radius 2 is 1.83 bits per heavy atom. The van der Waals surface area contributed by atoms with Gasteiger partial charge in [-0.2, -0.15) is 0 Å². The molecule has 0 aliphatic carbocycles. The smallest absolute Gasteiger partial charge is 0.271 e. The molecule has 12 heavy (non-hydrogen) atoms. The third-order valence-corrected chi connectivity index (χ3v) is 2.30. The maximum atomic E-state index is 11.0. The van der Waals surface area contributed by atoms with Crippen LogP contribution in [0.1, 0.15) is 0 Å². The Kier molecular flexibility index (Phi) is 2.88. The lowest BCUT2D eigenvalue weighted by atomic mass is 10.4. The van der Waals surface area contributed by atoms with Crippen LogP contribution in [-0.2, 0) is 0 Å². The Labute approximate surface area is 83.2 Å². The SMILES string of the molecule is COc1c(Cl)c(Cl)[nH]c(=O)c1Cl. The van der Waals surface area contributed by atoms with Crippen LogP contribution in [0.2, 0.25) is 15.2 Å². The summed E-state index contributed by atoms with van der Waals surface area (Å²) in [5.41, 5.74) is -0.525. The van der Waals surface area contributed by atoms with Gasteiger partial charge in [-0.05, 0) is 0 Å². The summed E-state index contributed by atoms with van der Waals surface area (Å²) in [4.78, 5) is 13.2. The quantitative estimate of drug-likeness (QED) is 0.750. The molecule has 0 fully saturated rings. The fourth-order valence-corrected chi connectivity index (χ4v) is 1.35. The van der Waals surface area contributed by atoms with Gasteiger partial charge in [-0.25, -0.2) is 0 Å². The van der Waals surface area contributed by atoms with Gasteiger partial charge in [0, 0.05) is 0 Å². The van der Waals surface area contributed by atoms with E-state index in [2.05, 4.69) is 4.98 Å². The van der Waals surface area contributed by atoms with E-state index >= 15 is 0 Å². The van der Waals surface area contributed by atoms with E-state index in [4.69, 9.17) is 39.5 Å². The lowest BCUT2D eigenvalue weighted by molar-refractivity contribution is 0.414. The van der Waals surface area contributed by atoms with Gasteiger partial charge < -0.3 is 9.72 Å². The van der Waals surface area contributed by atoms with Crippen molar-refractivity contribution in [2.24, 2.45) is 0 Å². The maximum Gasteiger partial charge on any atom is 0.271 e.